The largest absolute Gasteiger partial charge is 0.309 e. The fraction of sp³-hybridized carbons (Fsp3) is 0.118. The number of hydrogen-bond acceptors (Lipinski definition) is 0. The Hall–Kier alpha value is -4.30. The summed E-state index contributed by atoms with van der Waals surface area (Å²) in [7, 11) is 0. The van der Waals surface area contributed by atoms with E-state index in [1.165, 1.54) is 49.9 Å². The number of allylic oxidation sites excluding steroid dienone is 3. The average Bonchev–Trinajstić information content (AvgIpc) is 3.37. The molecule has 0 unspecified atom stereocenters. The lowest BCUT2D eigenvalue weighted by Gasteiger charge is -2.18. The second-order valence-corrected chi connectivity index (χ2v) is 8.93. The molecule has 0 aliphatic carbocycles. The van der Waals surface area contributed by atoms with Crippen molar-refractivity contribution in [2.45, 2.75) is 27.7 Å². The third kappa shape index (κ3) is 3.58. The number of para-hydroxylation sites is 2. The maximum atomic E-state index is 4.19. The third-order valence-corrected chi connectivity index (χ3v) is 6.85. The fourth-order valence-corrected chi connectivity index (χ4v) is 5.39. The molecule has 0 saturated carbocycles. The van der Waals surface area contributed by atoms with Gasteiger partial charge in [0.15, 0.2) is 0 Å². The standard InChI is InChI=1S/C34H32N2/c1-6-15-25-27-18-10-12-20-33(27)35(29(25)9-4)30-22-14-23-31(24(30)5)36-32(17-8-3)26(16-7-2)28-19-11-13-21-34(28)36/h6-23H,4H2,1-3,5H3/b15-6-,16-7-,17-8-. The zero-order chi connectivity index (χ0) is 25.2. The van der Waals surface area contributed by atoms with Gasteiger partial charge in [-0.05, 0) is 69.7 Å². The van der Waals surface area contributed by atoms with E-state index < -0.39 is 0 Å². The maximum absolute atomic E-state index is 4.19. The first kappa shape index (κ1) is 23.4. The summed E-state index contributed by atoms with van der Waals surface area (Å²) in [6, 6.07) is 23.9. The molecule has 0 bridgehead atoms. The van der Waals surface area contributed by atoms with Crippen molar-refractivity contribution < 1.29 is 0 Å². The van der Waals surface area contributed by atoms with Gasteiger partial charge < -0.3 is 9.13 Å². The van der Waals surface area contributed by atoms with Crippen LogP contribution in [0.5, 0.6) is 0 Å². The Morgan fingerprint density at radius 2 is 1.06 bits per heavy atom. The quantitative estimate of drug-likeness (QED) is 0.235. The first-order chi connectivity index (χ1) is 17.7. The van der Waals surface area contributed by atoms with Gasteiger partial charge in [-0.25, -0.2) is 0 Å². The van der Waals surface area contributed by atoms with Gasteiger partial charge in [0.1, 0.15) is 0 Å². The monoisotopic (exact) mass is 468 g/mol. The van der Waals surface area contributed by atoms with Gasteiger partial charge in [-0.15, -0.1) is 0 Å². The fourth-order valence-electron chi connectivity index (χ4n) is 5.39. The Labute approximate surface area is 213 Å². The first-order valence-corrected chi connectivity index (χ1v) is 12.5. The second-order valence-electron chi connectivity index (χ2n) is 8.93. The molecule has 3 aromatic carbocycles. The molecule has 0 aliphatic heterocycles. The molecule has 2 heteroatoms. The van der Waals surface area contributed by atoms with E-state index in [1.807, 2.05) is 6.08 Å². The summed E-state index contributed by atoms with van der Waals surface area (Å²) in [5.41, 5.74) is 10.7. The Kier molecular flexibility index (Phi) is 6.35. The van der Waals surface area contributed by atoms with Crippen molar-refractivity contribution >= 4 is 46.1 Å². The summed E-state index contributed by atoms with van der Waals surface area (Å²) in [5.74, 6) is 0. The van der Waals surface area contributed by atoms with E-state index in [-0.39, 0.29) is 0 Å². The van der Waals surface area contributed by atoms with Crippen LogP contribution in [0.2, 0.25) is 0 Å². The molecule has 178 valence electrons. The molecule has 0 aliphatic rings. The van der Waals surface area contributed by atoms with Crippen LogP contribution in [0.15, 0.2) is 91.5 Å². The van der Waals surface area contributed by atoms with Gasteiger partial charge in [-0.2, -0.15) is 0 Å². The minimum atomic E-state index is 1.11. The van der Waals surface area contributed by atoms with Crippen LogP contribution in [0.1, 0.15) is 48.8 Å². The van der Waals surface area contributed by atoms with Gasteiger partial charge in [0.05, 0.1) is 33.8 Å². The summed E-state index contributed by atoms with van der Waals surface area (Å²) in [6.07, 6.45) is 14.9. The SMILES string of the molecule is C=Cc1c(/C=C\C)c2ccccc2n1-c1cccc(-n2c(/C=C\C)c(/C=C\C)c3ccccc32)c1C. The van der Waals surface area contributed by atoms with Crippen molar-refractivity contribution in [3.05, 3.63) is 120 Å². The Morgan fingerprint density at radius 3 is 1.56 bits per heavy atom. The lowest BCUT2D eigenvalue weighted by atomic mass is 10.1. The number of fused-ring (bicyclic) bond motifs is 2. The van der Waals surface area contributed by atoms with Crippen molar-refractivity contribution in [2.24, 2.45) is 0 Å². The molecule has 2 heterocycles. The van der Waals surface area contributed by atoms with Crippen molar-refractivity contribution in [3.8, 4) is 11.4 Å². The number of nitrogens with zero attached hydrogens (tertiary/aromatic N) is 2. The summed E-state index contributed by atoms with van der Waals surface area (Å²) in [5, 5.41) is 2.48. The molecule has 0 N–H and O–H groups in total. The molecule has 0 fully saturated rings. The van der Waals surface area contributed by atoms with Crippen LogP contribution in [-0.4, -0.2) is 9.13 Å². The average molecular weight is 469 g/mol. The van der Waals surface area contributed by atoms with E-state index in [4.69, 9.17) is 0 Å². The van der Waals surface area contributed by atoms with Crippen LogP contribution in [-0.2, 0) is 0 Å². The summed E-state index contributed by atoms with van der Waals surface area (Å²) in [4.78, 5) is 0. The number of hydrogen-bond donors (Lipinski definition) is 0. The molecule has 2 aromatic heterocycles. The van der Waals surface area contributed by atoms with Crippen LogP contribution < -0.4 is 0 Å². The predicted octanol–water partition coefficient (Wildman–Crippen LogP) is 9.63. The van der Waals surface area contributed by atoms with E-state index in [1.54, 1.807) is 0 Å². The zero-order valence-corrected chi connectivity index (χ0v) is 21.5. The van der Waals surface area contributed by atoms with Crippen LogP contribution in [0.25, 0.3) is 57.5 Å². The van der Waals surface area contributed by atoms with E-state index in [9.17, 15) is 0 Å². The van der Waals surface area contributed by atoms with Gasteiger partial charge in [0.2, 0.25) is 0 Å². The molecule has 2 nitrogen and oxygen atoms in total. The summed E-state index contributed by atoms with van der Waals surface area (Å²) < 4.78 is 4.75. The molecule has 0 spiro atoms. The Balaban J connectivity index is 1.88. The highest BCUT2D eigenvalue weighted by Gasteiger charge is 2.20. The van der Waals surface area contributed by atoms with Crippen molar-refractivity contribution in [1.29, 1.82) is 0 Å². The van der Waals surface area contributed by atoms with Gasteiger partial charge in [0.25, 0.3) is 0 Å². The van der Waals surface area contributed by atoms with E-state index >= 15 is 0 Å². The predicted molar refractivity (Wildman–Crippen MR) is 159 cm³/mol. The van der Waals surface area contributed by atoms with Gasteiger partial charge in [0, 0.05) is 21.9 Å². The van der Waals surface area contributed by atoms with Crippen LogP contribution in [0.3, 0.4) is 0 Å². The van der Waals surface area contributed by atoms with Crippen LogP contribution >= 0.6 is 0 Å². The van der Waals surface area contributed by atoms with Crippen LogP contribution in [0.4, 0.5) is 0 Å². The summed E-state index contributed by atoms with van der Waals surface area (Å²) in [6.45, 7) is 12.6. The third-order valence-electron chi connectivity index (χ3n) is 6.85. The zero-order valence-electron chi connectivity index (χ0n) is 21.5. The van der Waals surface area contributed by atoms with Gasteiger partial charge in [-0.3, -0.25) is 0 Å². The molecule has 36 heavy (non-hydrogen) atoms. The van der Waals surface area contributed by atoms with E-state index in [2.05, 4.69) is 147 Å². The number of aromatic nitrogens is 2. The minimum absolute atomic E-state index is 1.11. The molecule has 0 radical (unpaired) electrons. The van der Waals surface area contributed by atoms with Crippen molar-refractivity contribution in [2.75, 3.05) is 0 Å². The number of rotatable bonds is 6. The molecular weight excluding hydrogens is 436 g/mol. The lowest BCUT2D eigenvalue weighted by Crippen LogP contribution is -2.05. The molecule has 5 rings (SSSR count). The van der Waals surface area contributed by atoms with Crippen molar-refractivity contribution in [3.63, 3.8) is 0 Å². The molecule has 0 saturated heterocycles. The molecule has 5 aromatic rings. The molecule has 0 amide bonds. The Bertz CT molecular complexity index is 1680. The van der Waals surface area contributed by atoms with Crippen LogP contribution in [0, 0.1) is 6.92 Å². The lowest BCUT2D eigenvalue weighted by molar-refractivity contribution is 1.04. The number of benzene rings is 3. The van der Waals surface area contributed by atoms with Gasteiger partial charge >= 0.3 is 0 Å². The topological polar surface area (TPSA) is 9.86 Å². The summed E-state index contributed by atoms with van der Waals surface area (Å²) >= 11 is 0. The van der Waals surface area contributed by atoms with Gasteiger partial charge in [-0.1, -0.05) is 79.4 Å². The Morgan fingerprint density at radius 1 is 0.583 bits per heavy atom. The highest BCUT2D eigenvalue weighted by atomic mass is 15.0. The van der Waals surface area contributed by atoms with E-state index in [0.717, 1.165) is 11.4 Å². The highest BCUT2D eigenvalue weighted by molar-refractivity contribution is 5.97. The molecule has 0 atom stereocenters. The first-order valence-electron chi connectivity index (χ1n) is 12.5. The normalized spacial score (nSPS) is 12.2. The van der Waals surface area contributed by atoms with E-state index in [0.29, 0.717) is 0 Å². The molecular formula is C34H32N2. The van der Waals surface area contributed by atoms with Crippen molar-refractivity contribution in [1.82, 2.24) is 9.13 Å². The second kappa shape index (κ2) is 9.75. The minimum Gasteiger partial charge on any atom is -0.309 e. The smallest absolute Gasteiger partial charge is 0.0541 e. The maximum Gasteiger partial charge on any atom is 0.0541 e. The highest BCUT2D eigenvalue weighted by Crippen LogP contribution is 2.37.